The van der Waals surface area contributed by atoms with Crippen molar-refractivity contribution >= 4 is 40.9 Å². The molecule has 29 heavy (non-hydrogen) atoms. The van der Waals surface area contributed by atoms with E-state index in [4.69, 9.17) is 27.9 Å². The van der Waals surface area contributed by atoms with Crippen LogP contribution >= 0.6 is 23.2 Å². The number of imide groups is 1. The minimum absolute atomic E-state index is 0.147. The van der Waals surface area contributed by atoms with E-state index in [0.29, 0.717) is 13.0 Å². The molecule has 3 rings (SSSR count). The van der Waals surface area contributed by atoms with Gasteiger partial charge in [0.1, 0.15) is 11.8 Å². The largest absolute Gasteiger partial charge is 0.496 e. The molecule has 0 saturated carbocycles. The van der Waals surface area contributed by atoms with Crippen LogP contribution in [0.25, 0.3) is 0 Å². The Labute approximate surface area is 178 Å². The predicted molar refractivity (Wildman–Crippen MR) is 111 cm³/mol. The minimum Gasteiger partial charge on any atom is -0.496 e. The van der Waals surface area contributed by atoms with E-state index in [0.717, 1.165) is 21.8 Å². The molecule has 0 aromatic heterocycles. The summed E-state index contributed by atoms with van der Waals surface area (Å²) in [5.74, 6) is -0.812. The van der Waals surface area contributed by atoms with E-state index in [9.17, 15) is 14.4 Å². The highest BCUT2D eigenvalue weighted by Crippen LogP contribution is 2.32. The third-order valence-corrected chi connectivity index (χ3v) is 5.58. The number of nitrogens with one attached hydrogen (secondary N) is 1. The second-order valence-corrected chi connectivity index (χ2v) is 7.64. The summed E-state index contributed by atoms with van der Waals surface area (Å²) in [6, 6.07) is 7.56. The summed E-state index contributed by atoms with van der Waals surface area (Å²) in [5, 5.41) is 3.13. The summed E-state index contributed by atoms with van der Waals surface area (Å²) in [6.07, 6.45) is 0.552. The summed E-state index contributed by atoms with van der Waals surface area (Å²) < 4.78 is 5.34. The minimum atomic E-state index is -0.973. The van der Waals surface area contributed by atoms with Crippen molar-refractivity contribution in [2.75, 3.05) is 13.7 Å². The lowest BCUT2D eigenvalue weighted by atomic mass is 10.1. The van der Waals surface area contributed by atoms with Crippen molar-refractivity contribution in [2.24, 2.45) is 0 Å². The zero-order chi connectivity index (χ0) is 21.3. The monoisotopic (exact) mass is 434 g/mol. The molecule has 0 fully saturated rings. The number of carbonyl (C=O) groups is 3. The highest BCUT2D eigenvalue weighted by molar-refractivity contribution is 6.43. The zero-order valence-corrected chi connectivity index (χ0v) is 17.7. The molecule has 0 radical (unpaired) electrons. The average Bonchev–Trinajstić information content (AvgIpc) is 2.91. The van der Waals surface area contributed by atoms with Crippen LogP contribution in [0.4, 0.5) is 0 Å². The number of nitrogens with zero attached hydrogens (tertiary/aromatic N) is 1. The quantitative estimate of drug-likeness (QED) is 0.703. The molecule has 152 valence electrons. The summed E-state index contributed by atoms with van der Waals surface area (Å²) in [7, 11) is 1.59. The van der Waals surface area contributed by atoms with Crippen molar-refractivity contribution in [2.45, 2.75) is 26.3 Å². The fourth-order valence-corrected chi connectivity index (χ4v) is 3.62. The molecule has 1 atom stereocenters. The topological polar surface area (TPSA) is 75.7 Å². The van der Waals surface area contributed by atoms with Gasteiger partial charge in [-0.1, -0.05) is 40.9 Å². The molecule has 8 heteroatoms. The number of carbonyl (C=O) groups excluding carboxylic acids is 3. The molecule has 1 N–H and O–H groups in total. The molecule has 1 unspecified atom stereocenters. The maximum atomic E-state index is 12.6. The van der Waals surface area contributed by atoms with Gasteiger partial charge in [0.15, 0.2) is 0 Å². The second-order valence-electron chi connectivity index (χ2n) is 6.82. The van der Waals surface area contributed by atoms with Crippen LogP contribution in [-0.2, 0) is 11.2 Å². The number of hydrogen-bond acceptors (Lipinski definition) is 4. The van der Waals surface area contributed by atoms with Gasteiger partial charge in [-0.15, -0.1) is 0 Å². The third-order valence-electron chi connectivity index (χ3n) is 4.86. The van der Waals surface area contributed by atoms with E-state index in [2.05, 4.69) is 5.32 Å². The average molecular weight is 435 g/mol. The highest BCUT2D eigenvalue weighted by atomic mass is 35.5. The molecule has 3 amide bonds. The van der Waals surface area contributed by atoms with Gasteiger partial charge >= 0.3 is 0 Å². The summed E-state index contributed by atoms with van der Waals surface area (Å²) in [4.78, 5) is 38.8. The molecule has 1 aliphatic heterocycles. The van der Waals surface area contributed by atoms with Crippen LogP contribution in [0.1, 0.15) is 38.8 Å². The molecule has 0 saturated heterocycles. The first-order valence-corrected chi connectivity index (χ1v) is 9.78. The summed E-state index contributed by atoms with van der Waals surface area (Å²) in [5.41, 5.74) is 2.34. The van der Waals surface area contributed by atoms with E-state index in [1.807, 2.05) is 25.1 Å². The van der Waals surface area contributed by atoms with Crippen LogP contribution in [0.15, 0.2) is 30.3 Å². The van der Waals surface area contributed by atoms with E-state index in [-0.39, 0.29) is 21.2 Å². The first kappa shape index (κ1) is 21.1. The number of methoxy groups -OCH3 is 1. The van der Waals surface area contributed by atoms with Gasteiger partial charge in [0.25, 0.3) is 11.8 Å². The van der Waals surface area contributed by atoms with Crippen LogP contribution < -0.4 is 10.1 Å². The molecule has 0 aliphatic carbocycles. The lowest BCUT2D eigenvalue weighted by Gasteiger charge is -2.21. The summed E-state index contributed by atoms with van der Waals surface area (Å²) in [6.45, 7) is 3.82. The molecular weight excluding hydrogens is 415 g/mol. The van der Waals surface area contributed by atoms with Gasteiger partial charge < -0.3 is 10.1 Å². The fraction of sp³-hybridized carbons (Fsp3) is 0.286. The van der Waals surface area contributed by atoms with Gasteiger partial charge in [-0.05, 0) is 44.0 Å². The van der Waals surface area contributed by atoms with Crippen molar-refractivity contribution < 1.29 is 19.1 Å². The fourth-order valence-electron chi connectivity index (χ4n) is 3.29. The third kappa shape index (κ3) is 4.09. The molecule has 2 aromatic carbocycles. The Morgan fingerprint density at radius 1 is 1.10 bits per heavy atom. The second kappa shape index (κ2) is 8.43. The number of ether oxygens (including phenoxy) is 1. The van der Waals surface area contributed by atoms with Gasteiger partial charge in [-0.25, -0.2) is 0 Å². The lowest BCUT2D eigenvalue weighted by Crippen LogP contribution is -2.48. The Hall–Kier alpha value is -2.57. The van der Waals surface area contributed by atoms with E-state index < -0.39 is 23.8 Å². The highest BCUT2D eigenvalue weighted by Gasteiger charge is 2.41. The Morgan fingerprint density at radius 2 is 1.69 bits per heavy atom. The number of halogens is 2. The smallest absolute Gasteiger partial charge is 0.262 e. The van der Waals surface area contributed by atoms with Crippen LogP contribution in [0.2, 0.25) is 10.0 Å². The Morgan fingerprint density at radius 3 is 2.24 bits per heavy atom. The van der Waals surface area contributed by atoms with E-state index >= 15 is 0 Å². The van der Waals surface area contributed by atoms with Crippen molar-refractivity contribution in [1.82, 2.24) is 10.2 Å². The maximum absolute atomic E-state index is 12.6. The van der Waals surface area contributed by atoms with Crippen LogP contribution in [-0.4, -0.2) is 42.3 Å². The van der Waals surface area contributed by atoms with Gasteiger partial charge in [-0.2, -0.15) is 0 Å². The molecule has 0 bridgehead atoms. The van der Waals surface area contributed by atoms with E-state index in [1.54, 1.807) is 7.11 Å². The van der Waals surface area contributed by atoms with Gasteiger partial charge in [0, 0.05) is 6.54 Å². The number of hydrogen-bond donors (Lipinski definition) is 1. The molecule has 1 heterocycles. The van der Waals surface area contributed by atoms with Crippen LogP contribution in [0, 0.1) is 6.92 Å². The number of amides is 3. The Bertz CT molecular complexity index is 965. The molecule has 2 aromatic rings. The normalized spacial score (nSPS) is 14.0. The van der Waals surface area contributed by atoms with Crippen molar-refractivity contribution in [1.29, 1.82) is 0 Å². The van der Waals surface area contributed by atoms with Gasteiger partial charge in [-0.3, -0.25) is 19.3 Å². The lowest BCUT2D eigenvalue weighted by molar-refractivity contribution is -0.124. The standard InChI is InChI=1S/C21H20Cl2N2O4/c1-11-4-5-18(29-3)13(8-11)6-7-24-19(26)12(2)25-20(27)14-9-16(22)17(23)10-15(14)21(25)28/h4-5,8-10,12H,6-7H2,1-3H3,(H,24,26). The number of aryl methyl sites for hydroxylation is 1. The first-order chi connectivity index (χ1) is 13.7. The molecular formula is C21H20Cl2N2O4. The number of rotatable bonds is 6. The maximum Gasteiger partial charge on any atom is 0.262 e. The van der Waals surface area contributed by atoms with Crippen molar-refractivity contribution in [3.8, 4) is 5.75 Å². The van der Waals surface area contributed by atoms with Crippen LogP contribution in [0.3, 0.4) is 0 Å². The first-order valence-electron chi connectivity index (χ1n) is 9.02. The van der Waals surface area contributed by atoms with Crippen molar-refractivity contribution in [3.05, 3.63) is 62.6 Å². The van der Waals surface area contributed by atoms with E-state index in [1.165, 1.54) is 19.1 Å². The molecule has 1 aliphatic rings. The predicted octanol–water partition coefficient (Wildman–Crippen LogP) is 3.65. The Balaban J connectivity index is 1.67. The molecule has 6 nitrogen and oxygen atoms in total. The number of benzene rings is 2. The number of fused-ring (bicyclic) bond motifs is 1. The zero-order valence-electron chi connectivity index (χ0n) is 16.2. The van der Waals surface area contributed by atoms with Gasteiger partial charge in [0.05, 0.1) is 28.3 Å². The van der Waals surface area contributed by atoms with Crippen LogP contribution in [0.5, 0.6) is 5.75 Å². The Kier molecular flexibility index (Phi) is 6.15. The summed E-state index contributed by atoms with van der Waals surface area (Å²) >= 11 is 11.9. The SMILES string of the molecule is COc1ccc(C)cc1CCNC(=O)C(C)N1C(=O)c2cc(Cl)c(Cl)cc2C1=O. The van der Waals surface area contributed by atoms with Gasteiger partial charge in [0.2, 0.25) is 5.91 Å². The molecule has 0 spiro atoms. The van der Waals surface area contributed by atoms with Crippen molar-refractivity contribution in [3.63, 3.8) is 0 Å².